The number of ether oxygens (including phenoxy) is 2. The van der Waals surface area contributed by atoms with Crippen molar-refractivity contribution in [3.63, 3.8) is 0 Å². The number of esters is 1. The Morgan fingerprint density at radius 1 is 1.58 bits per heavy atom. The van der Waals surface area contributed by atoms with Crippen molar-refractivity contribution in [1.82, 2.24) is 0 Å². The van der Waals surface area contributed by atoms with E-state index in [0.717, 1.165) is 30.6 Å². The van der Waals surface area contributed by atoms with E-state index in [2.05, 4.69) is 0 Å². The highest BCUT2D eigenvalue weighted by Gasteiger charge is 2.16. The van der Waals surface area contributed by atoms with E-state index in [9.17, 15) is 4.79 Å². The molecule has 1 fully saturated rings. The van der Waals surface area contributed by atoms with Gasteiger partial charge in [-0.05, 0) is 43.0 Å². The topological polar surface area (TPSA) is 35.5 Å². The number of halogens is 1. The molecule has 1 saturated heterocycles. The van der Waals surface area contributed by atoms with E-state index in [-0.39, 0.29) is 12.1 Å². The molecule has 4 heteroatoms. The minimum Gasteiger partial charge on any atom is -0.460 e. The zero-order valence-corrected chi connectivity index (χ0v) is 11.7. The summed E-state index contributed by atoms with van der Waals surface area (Å²) in [6.07, 6.45) is 3.55. The molecule has 1 aliphatic rings. The van der Waals surface area contributed by atoms with E-state index in [0.29, 0.717) is 11.6 Å². The van der Waals surface area contributed by atoms with Crippen molar-refractivity contribution in [3.8, 4) is 0 Å². The summed E-state index contributed by atoms with van der Waals surface area (Å²) >= 11 is 5.91. The predicted molar refractivity (Wildman–Crippen MR) is 75.0 cm³/mol. The first-order valence-corrected chi connectivity index (χ1v) is 6.75. The van der Waals surface area contributed by atoms with Crippen LogP contribution in [0.25, 0.3) is 5.57 Å². The van der Waals surface area contributed by atoms with Gasteiger partial charge in [-0.15, -0.1) is 0 Å². The fourth-order valence-electron chi connectivity index (χ4n) is 1.99. The van der Waals surface area contributed by atoms with Crippen LogP contribution in [-0.2, 0) is 14.3 Å². The Bertz CT molecular complexity index is 476. The Balaban J connectivity index is 1.90. The Kier molecular flexibility index (Phi) is 5.00. The van der Waals surface area contributed by atoms with E-state index < -0.39 is 0 Å². The highest BCUT2D eigenvalue weighted by Crippen LogP contribution is 2.18. The van der Waals surface area contributed by atoms with Crippen molar-refractivity contribution in [2.24, 2.45) is 0 Å². The third kappa shape index (κ3) is 4.37. The molecular formula is C15H17ClO3. The number of carbonyl (C=O) groups excluding carboxylic acids is 1. The summed E-state index contributed by atoms with van der Waals surface area (Å²) < 4.78 is 10.6. The first-order valence-electron chi connectivity index (χ1n) is 6.38. The van der Waals surface area contributed by atoms with Gasteiger partial charge in [-0.25, -0.2) is 4.79 Å². The maximum Gasteiger partial charge on any atom is 0.331 e. The van der Waals surface area contributed by atoms with Crippen molar-refractivity contribution >= 4 is 23.1 Å². The molecule has 0 radical (unpaired) electrons. The van der Waals surface area contributed by atoms with E-state index in [1.54, 1.807) is 6.07 Å². The second kappa shape index (κ2) is 6.73. The predicted octanol–water partition coefficient (Wildman–Crippen LogP) is 3.47. The molecule has 1 unspecified atom stereocenters. The van der Waals surface area contributed by atoms with Crippen LogP contribution in [0, 0.1) is 0 Å². The molecule has 0 spiro atoms. The van der Waals surface area contributed by atoms with Gasteiger partial charge in [-0.1, -0.05) is 23.7 Å². The normalized spacial score (nSPS) is 19.5. The molecule has 1 aliphatic heterocycles. The van der Waals surface area contributed by atoms with Crippen molar-refractivity contribution in [3.05, 3.63) is 40.9 Å². The van der Waals surface area contributed by atoms with Crippen LogP contribution < -0.4 is 0 Å². The molecule has 0 saturated carbocycles. The average Bonchev–Trinajstić information content (AvgIpc) is 2.89. The van der Waals surface area contributed by atoms with Gasteiger partial charge in [0.05, 0.1) is 6.10 Å². The van der Waals surface area contributed by atoms with Crippen molar-refractivity contribution in [2.45, 2.75) is 25.9 Å². The van der Waals surface area contributed by atoms with Crippen LogP contribution in [-0.4, -0.2) is 25.3 Å². The molecule has 19 heavy (non-hydrogen) atoms. The molecule has 2 rings (SSSR count). The van der Waals surface area contributed by atoms with Crippen molar-refractivity contribution < 1.29 is 14.3 Å². The lowest BCUT2D eigenvalue weighted by molar-refractivity contribution is -0.140. The Hall–Kier alpha value is -1.32. The number of benzene rings is 1. The highest BCUT2D eigenvalue weighted by molar-refractivity contribution is 6.30. The molecular weight excluding hydrogens is 264 g/mol. The van der Waals surface area contributed by atoms with Crippen LogP contribution in [0.2, 0.25) is 5.02 Å². The molecule has 1 heterocycles. The lowest BCUT2D eigenvalue weighted by Crippen LogP contribution is -2.16. The summed E-state index contributed by atoms with van der Waals surface area (Å²) in [6, 6.07) is 7.38. The Morgan fingerprint density at radius 2 is 2.42 bits per heavy atom. The zero-order valence-electron chi connectivity index (χ0n) is 10.9. The maximum atomic E-state index is 11.7. The first-order chi connectivity index (χ1) is 9.15. The van der Waals surface area contributed by atoms with Crippen molar-refractivity contribution in [2.75, 3.05) is 13.2 Å². The minimum absolute atomic E-state index is 0.0591. The first kappa shape index (κ1) is 14.1. The molecule has 0 N–H and O–H groups in total. The van der Waals surface area contributed by atoms with E-state index >= 15 is 0 Å². The van der Waals surface area contributed by atoms with E-state index in [1.165, 1.54) is 6.08 Å². The maximum absolute atomic E-state index is 11.7. The van der Waals surface area contributed by atoms with E-state index in [4.69, 9.17) is 21.1 Å². The van der Waals surface area contributed by atoms with Gasteiger partial charge >= 0.3 is 5.97 Å². The Morgan fingerprint density at radius 3 is 3.11 bits per heavy atom. The average molecular weight is 281 g/mol. The summed E-state index contributed by atoms with van der Waals surface area (Å²) in [4.78, 5) is 11.7. The molecule has 0 bridgehead atoms. The second-order valence-electron chi connectivity index (χ2n) is 4.60. The van der Waals surface area contributed by atoms with Crippen LogP contribution in [0.15, 0.2) is 30.3 Å². The molecule has 102 valence electrons. The lowest BCUT2D eigenvalue weighted by atomic mass is 10.1. The van der Waals surface area contributed by atoms with E-state index in [1.807, 2.05) is 25.1 Å². The summed E-state index contributed by atoms with van der Waals surface area (Å²) in [5.41, 5.74) is 1.75. The summed E-state index contributed by atoms with van der Waals surface area (Å²) in [5.74, 6) is -0.340. The SMILES string of the molecule is C/C(=C\C(=O)OCC1CCCO1)c1cccc(Cl)c1. The largest absolute Gasteiger partial charge is 0.460 e. The van der Waals surface area contributed by atoms with Gasteiger partial charge in [0.2, 0.25) is 0 Å². The standard InChI is InChI=1S/C15H17ClO3/c1-11(12-4-2-5-13(16)9-12)8-15(17)19-10-14-6-3-7-18-14/h2,4-5,8-9,14H,3,6-7,10H2,1H3/b11-8+. The number of hydrogen-bond acceptors (Lipinski definition) is 3. The summed E-state index contributed by atoms with van der Waals surface area (Å²) in [5, 5.41) is 0.651. The quantitative estimate of drug-likeness (QED) is 0.626. The van der Waals surface area contributed by atoms with Gasteiger partial charge in [0.25, 0.3) is 0 Å². The number of rotatable bonds is 4. The summed E-state index contributed by atoms with van der Waals surface area (Å²) in [7, 11) is 0. The van der Waals surface area contributed by atoms with Gasteiger partial charge in [-0.2, -0.15) is 0 Å². The fraction of sp³-hybridized carbons (Fsp3) is 0.400. The van der Waals surface area contributed by atoms with Gasteiger partial charge in [0, 0.05) is 17.7 Å². The van der Waals surface area contributed by atoms with Crippen LogP contribution >= 0.6 is 11.6 Å². The van der Waals surface area contributed by atoms with Crippen molar-refractivity contribution in [1.29, 1.82) is 0 Å². The van der Waals surface area contributed by atoms with Gasteiger partial charge < -0.3 is 9.47 Å². The monoisotopic (exact) mass is 280 g/mol. The fourth-order valence-corrected chi connectivity index (χ4v) is 2.18. The molecule has 1 aromatic carbocycles. The second-order valence-corrected chi connectivity index (χ2v) is 5.04. The van der Waals surface area contributed by atoms with Crippen LogP contribution in [0.1, 0.15) is 25.3 Å². The molecule has 0 aromatic heterocycles. The van der Waals surface area contributed by atoms with Crippen LogP contribution in [0.5, 0.6) is 0 Å². The minimum atomic E-state index is -0.340. The number of carbonyl (C=O) groups is 1. The zero-order chi connectivity index (χ0) is 13.7. The molecule has 0 aliphatic carbocycles. The molecule has 1 atom stereocenters. The molecule has 0 amide bonds. The number of hydrogen-bond donors (Lipinski definition) is 0. The Labute approximate surface area is 118 Å². The van der Waals surface area contributed by atoms with Gasteiger partial charge in [-0.3, -0.25) is 0 Å². The summed E-state index contributed by atoms with van der Waals surface area (Å²) in [6.45, 7) is 2.96. The van der Waals surface area contributed by atoms with Crippen LogP contribution in [0.4, 0.5) is 0 Å². The highest BCUT2D eigenvalue weighted by atomic mass is 35.5. The molecule has 1 aromatic rings. The molecule has 3 nitrogen and oxygen atoms in total. The van der Waals surface area contributed by atoms with Gasteiger partial charge in [0.15, 0.2) is 0 Å². The lowest BCUT2D eigenvalue weighted by Gasteiger charge is -2.09. The van der Waals surface area contributed by atoms with Crippen LogP contribution in [0.3, 0.4) is 0 Å². The van der Waals surface area contributed by atoms with Gasteiger partial charge in [0.1, 0.15) is 6.61 Å². The third-order valence-corrected chi connectivity index (χ3v) is 3.28. The third-order valence-electron chi connectivity index (χ3n) is 3.05. The number of allylic oxidation sites excluding steroid dienone is 1. The smallest absolute Gasteiger partial charge is 0.331 e.